The zero-order valence-electron chi connectivity index (χ0n) is 6.89. The number of hydrogen-bond donors (Lipinski definition) is 1. The minimum atomic E-state index is -0.547. The topological polar surface area (TPSA) is 26.0 Å². The van der Waals surface area contributed by atoms with E-state index in [1.807, 2.05) is 0 Å². The van der Waals surface area contributed by atoms with Crippen LogP contribution < -0.4 is 5.73 Å². The first kappa shape index (κ1) is 8.97. The average Bonchev–Trinajstić information content (AvgIpc) is 2.07. The highest BCUT2D eigenvalue weighted by molar-refractivity contribution is 7.99. The predicted molar refractivity (Wildman–Crippen MR) is 48.6 cm³/mol. The lowest BCUT2D eigenvalue weighted by atomic mass is 10.0. The fourth-order valence-corrected chi connectivity index (χ4v) is 2.60. The number of benzene rings is 1. The van der Waals surface area contributed by atoms with E-state index in [1.54, 1.807) is 0 Å². The first-order valence-electron chi connectivity index (χ1n) is 4.06. The van der Waals surface area contributed by atoms with E-state index in [0.29, 0.717) is 10.5 Å². The maximum absolute atomic E-state index is 13.2. The van der Waals surface area contributed by atoms with E-state index in [2.05, 4.69) is 0 Å². The molecule has 0 aromatic heterocycles. The van der Waals surface area contributed by atoms with Crippen molar-refractivity contribution < 1.29 is 8.78 Å². The molecule has 0 bridgehead atoms. The van der Waals surface area contributed by atoms with Crippen LogP contribution in [-0.2, 0) is 0 Å². The monoisotopic (exact) mass is 201 g/mol. The van der Waals surface area contributed by atoms with Gasteiger partial charge in [0.2, 0.25) is 0 Å². The third-order valence-electron chi connectivity index (χ3n) is 2.11. The van der Waals surface area contributed by atoms with Gasteiger partial charge < -0.3 is 5.73 Å². The summed E-state index contributed by atoms with van der Waals surface area (Å²) in [5.41, 5.74) is 6.34. The van der Waals surface area contributed by atoms with Crippen LogP contribution in [0.25, 0.3) is 0 Å². The number of nitrogens with two attached hydrogens (primary N) is 1. The molecule has 1 heterocycles. The van der Waals surface area contributed by atoms with Gasteiger partial charge >= 0.3 is 0 Å². The van der Waals surface area contributed by atoms with Crippen LogP contribution in [0.15, 0.2) is 17.0 Å². The molecule has 0 saturated heterocycles. The van der Waals surface area contributed by atoms with Crippen molar-refractivity contribution in [3.63, 3.8) is 0 Å². The second-order valence-electron chi connectivity index (χ2n) is 3.05. The third-order valence-corrected chi connectivity index (χ3v) is 3.27. The van der Waals surface area contributed by atoms with Gasteiger partial charge in [-0.25, -0.2) is 8.78 Å². The molecule has 0 radical (unpaired) electrons. The zero-order chi connectivity index (χ0) is 9.42. The normalized spacial score (nSPS) is 21.3. The van der Waals surface area contributed by atoms with Gasteiger partial charge in [0.25, 0.3) is 0 Å². The molecule has 0 amide bonds. The SMILES string of the molecule is NC1CCSc2c(F)cc(F)cc21. The number of thioether (sulfide) groups is 1. The summed E-state index contributed by atoms with van der Waals surface area (Å²) in [5.74, 6) is -0.235. The fraction of sp³-hybridized carbons (Fsp3) is 0.333. The van der Waals surface area contributed by atoms with Crippen LogP contribution >= 0.6 is 11.8 Å². The Balaban J connectivity index is 2.56. The standard InChI is InChI=1S/C9H9F2NS/c10-5-3-6-8(12)1-2-13-9(6)7(11)4-5/h3-4,8H,1-2,12H2. The summed E-state index contributed by atoms with van der Waals surface area (Å²) >= 11 is 1.41. The summed E-state index contributed by atoms with van der Waals surface area (Å²) in [6.45, 7) is 0. The van der Waals surface area contributed by atoms with E-state index in [-0.39, 0.29) is 6.04 Å². The van der Waals surface area contributed by atoms with Crippen molar-refractivity contribution in [1.82, 2.24) is 0 Å². The van der Waals surface area contributed by atoms with Crippen molar-refractivity contribution in [2.75, 3.05) is 5.75 Å². The highest BCUT2D eigenvalue weighted by atomic mass is 32.2. The molecule has 70 valence electrons. The highest BCUT2D eigenvalue weighted by Gasteiger charge is 2.21. The summed E-state index contributed by atoms with van der Waals surface area (Å²) in [6, 6.07) is 2.01. The second kappa shape index (κ2) is 3.27. The van der Waals surface area contributed by atoms with Crippen LogP contribution in [0, 0.1) is 11.6 Å². The molecule has 1 unspecified atom stereocenters. The lowest BCUT2D eigenvalue weighted by Crippen LogP contribution is -2.17. The van der Waals surface area contributed by atoms with Crippen LogP contribution in [0.3, 0.4) is 0 Å². The van der Waals surface area contributed by atoms with E-state index in [0.717, 1.165) is 18.2 Å². The Morgan fingerprint density at radius 2 is 2.15 bits per heavy atom. The van der Waals surface area contributed by atoms with Crippen molar-refractivity contribution in [2.24, 2.45) is 5.73 Å². The molecule has 4 heteroatoms. The van der Waals surface area contributed by atoms with Gasteiger partial charge in [-0.05, 0) is 23.8 Å². The molecule has 0 spiro atoms. The largest absolute Gasteiger partial charge is 0.324 e. The summed E-state index contributed by atoms with van der Waals surface area (Å²) in [4.78, 5) is 0.514. The number of hydrogen-bond acceptors (Lipinski definition) is 2. The van der Waals surface area contributed by atoms with Gasteiger partial charge in [0.1, 0.15) is 11.6 Å². The molecule has 1 aromatic rings. The third kappa shape index (κ3) is 1.56. The quantitative estimate of drug-likeness (QED) is 0.697. The first-order chi connectivity index (χ1) is 6.18. The number of halogens is 2. The Kier molecular flexibility index (Phi) is 2.26. The minimum Gasteiger partial charge on any atom is -0.324 e. The van der Waals surface area contributed by atoms with Crippen LogP contribution in [0.2, 0.25) is 0 Å². The molecule has 1 aliphatic heterocycles. The van der Waals surface area contributed by atoms with Crippen molar-refractivity contribution in [3.05, 3.63) is 29.3 Å². The Hall–Kier alpha value is -0.610. The summed E-state index contributed by atoms with van der Waals surface area (Å²) in [6.07, 6.45) is 0.778. The van der Waals surface area contributed by atoms with Gasteiger partial charge in [0.15, 0.2) is 0 Å². The maximum Gasteiger partial charge on any atom is 0.140 e. The Morgan fingerprint density at radius 3 is 2.92 bits per heavy atom. The average molecular weight is 201 g/mol. The molecule has 1 atom stereocenters. The molecule has 0 saturated carbocycles. The smallest absolute Gasteiger partial charge is 0.140 e. The predicted octanol–water partition coefficient (Wildman–Crippen LogP) is 2.46. The molecule has 1 aromatic carbocycles. The van der Waals surface area contributed by atoms with E-state index < -0.39 is 11.6 Å². The molecule has 0 aliphatic carbocycles. The van der Waals surface area contributed by atoms with Crippen molar-refractivity contribution in [2.45, 2.75) is 17.4 Å². The van der Waals surface area contributed by atoms with Gasteiger partial charge in [-0.15, -0.1) is 11.8 Å². The van der Waals surface area contributed by atoms with Crippen molar-refractivity contribution in [1.29, 1.82) is 0 Å². The molecular weight excluding hydrogens is 192 g/mol. The van der Waals surface area contributed by atoms with E-state index in [4.69, 9.17) is 5.73 Å². The summed E-state index contributed by atoms with van der Waals surface area (Å²) in [5, 5.41) is 0. The summed E-state index contributed by atoms with van der Waals surface area (Å²) in [7, 11) is 0. The van der Waals surface area contributed by atoms with E-state index in [9.17, 15) is 8.78 Å². The lowest BCUT2D eigenvalue weighted by Gasteiger charge is -2.21. The second-order valence-corrected chi connectivity index (χ2v) is 4.15. The lowest BCUT2D eigenvalue weighted by molar-refractivity contribution is 0.544. The Morgan fingerprint density at radius 1 is 1.38 bits per heavy atom. The molecule has 0 fully saturated rings. The number of fused-ring (bicyclic) bond motifs is 1. The van der Waals surface area contributed by atoms with Crippen LogP contribution in [0.1, 0.15) is 18.0 Å². The van der Waals surface area contributed by atoms with Gasteiger partial charge in [-0.1, -0.05) is 0 Å². The van der Waals surface area contributed by atoms with Gasteiger partial charge in [0.05, 0.1) is 0 Å². The van der Waals surface area contributed by atoms with Crippen molar-refractivity contribution in [3.8, 4) is 0 Å². The maximum atomic E-state index is 13.2. The summed E-state index contributed by atoms with van der Waals surface area (Å²) < 4.78 is 26.0. The molecule has 13 heavy (non-hydrogen) atoms. The van der Waals surface area contributed by atoms with Gasteiger partial charge in [-0.2, -0.15) is 0 Å². The Bertz CT molecular complexity index is 341. The number of rotatable bonds is 0. The Labute approximate surface area is 79.3 Å². The molecular formula is C9H9F2NS. The van der Waals surface area contributed by atoms with Crippen molar-refractivity contribution >= 4 is 11.8 Å². The first-order valence-corrected chi connectivity index (χ1v) is 5.04. The van der Waals surface area contributed by atoms with Gasteiger partial charge in [-0.3, -0.25) is 0 Å². The molecule has 2 rings (SSSR count). The van der Waals surface area contributed by atoms with Crippen LogP contribution in [0.4, 0.5) is 8.78 Å². The van der Waals surface area contributed by atoms with E-state index >= 15 is 0 Å². The van der Waals surface area contributed by atoms with Crippen LogP contribution in [-0.4, -0.2) is 5.75 Å². The molecule has 2 N–H and O–H groups in total. The van der Waals surface area contributed by atoms with Gasteiger partial charge in [0, 0.05) is 17.0 Å². The zero-order valence-corrected chi connectivity index (χ0v) is 7.70. The fourth-order valence-electron chi connectivity index (χ4n) is 1.45. The van der Waals surface area contributed by atoms with E-state index in [1.165, 1.54) is 17.8 Å². The molecule has 1 nitrogen and oxygen atoms in total. The van der Waals surface area contributed by atoms with Crippen LogP contribution in [0.5, 0.6) is 0 Å². The molecule has 1 aliphatic rings. The minimum absolute atomic E-state index is 0.221. The highest BCUT2D eigenvalue weighted by Crippen LogP contribution is 2.36.